The number of rotatable bonds is 5. The van der Waals surface area contributed by atoms with Crippen molar-refractivity contribution in [3.05, 3.63) is 27.7 Å². The molecule has 0 heterocycles. The van der Waals surface area contributed by atoms with Gasteiger partial charge in [-0.05, 0) is 24.6 Å². The standard InChI is InChI=1S/C12H15BrN2O5S/c1-7-9(12(17)18)4-8(5-10(7)13)21(19,20)14-6-11(16)15(2)3/h4-5,14H,6H2,1-3H3,(H,17,18). The molecule has 1 aromatic carbocycles. The molecule has 0 bridgehead atoms. The lowest BCUT2D eigenvalue weighted by atomic mass is 10.1. The quantitative estimate of drug-likeness (QED) is 0.789. The smallest absolute Gasteiger partial charge is 0.336 e. The summed E-state index contributed by atoms with van der Waals surface area (Å²) in [5.41, 5.74) is 0.300. The summed E-state index contributed by atoms with van der Waals surface area (Å²) >= 11 is 3.13. The minimum Gasteiger partial charge on any atom is -0.478 e. The van der Waals surface area contributed by atoms with Crippen LogP contribution in [0.2, 0.25) is 0 Å². The topological polar surface area (TPSA) is 104 Å². The molecule has 0 aliphatic heterocycles. The Kier molecular flexibility index (Phi) is 5.48. The lowest BCUT2D eigenvalue weighted by Crippen LogP contribution is -2.36. The van der Waals surface area contributed by atoms with E-state index in [1.807, 2.05) is 0 Å². The first kappa shape index (κ1) is 17.6. The van der Waals surface area contributed by atoms with Crippen molar-refractivity contribution in [1.29, 1.82) is 0 Å². The number of hydrogen-bond donors (Lipinski definition) is 2. The second kappa shape index (κ2) is 6.54. The van der Waals surface area contributed by atoms with Gasteiger partial charge in [0.15, 0.2) is 0 Å². The summed E-state index contributed by atoms with van der Waals surface area (Å²) in [4.78, 5) is 23.6. The van der Waals surface area contributed by atoms with Gasteiger partial charge < -0.3 is 10.0 Å². The average molecular weight is 379 g/mol. The molecule has 0 aliphatic carbocycles. The Balaban J connectivity index is 3.15. The molecule has 0 aromatic heterocycles. The van der Waals surface area contributed by atoms with E-state index in [-0.39, 0.29) is 10.5 Å². The number of halogens is 1. The van der Waals surface area contributed by atoms with Crippen molar-refractivity contribution >= 4 is 37.8 Å². The third-order valence-electron chi connectivity index (χ3n) is 2.77. The van der Waals surface area contributed by atoms with E-state index in [0.29, 0.717) is 10.0 Å². The summed E-state index contributed by atoms with van der Waals surface area (Å²) in [6.45, 7) is 1.16. The fraction of sp³-hybridized carbons (Fsp3) is 0.333. The van der Waals surface area contributed by atoms with Gasteiger partial charge in [0.25, 0.3) is 0 Å². The number of likely N-dealkylation sites (N-methyl/N-ethyl adjacent to an activating group) is 1. The molecule has 21 heavy (non-hydrogen) atoms. The lowest BCUT2D eigenvalue weighted by molar-refractivity contribution is -0.127. The number of carbonyl (C=O) groups excluding carboxylic acids is 1. The van der Waals surface area contributed by atoms with E-state index in [9.17, 15) is 18.0 Å². The molecule has 0 radical (unpaired) electrons. The molecule has 0 fully saturated rings. The summed E-state index contributed by atoms with van der Waals surface area (Å²) in [5, 5.41) is 9.07. The minimum absolute atomic E-state index is 0.122. The number of nitrogens with one attached hydrogen (secondary N) is 1. The predicted molar refractivity (Wildman–Crippen MR) is 79.7 cm³/mol. The molecule has 1 aromatic rings. The summed E-state index contributed by atoms with van der Waals surface area (Å²) in [6.07, 6.45) is 0. The zero-order chi connectivity index (χ0) is 16.4. The fourth-order valence-electron chi connectivity index (χ4n) is 1.43. The number of carboxylic acid groups (broad SMARTS) is 1. The first-order chi connectivity index (χ1) is 9.56. The van der Waals surface area contributed by atoms with Crippen LogP contribution in [0.15, 0.2) is 21.5 Å². The number of nitrogens with zero attached hydrogens (tertiary/aromatic N) is 1. The Labute approximate surface area is 131 Å². The van der Waals surface area contributed by atoms with Crippen LogP contribution in [0.25, 0.3) is 0 Å². The van der Waals surface area contributed by atoms with Gasteiger partial charge in [0.2, 0.25) is 15.9 Å². The monoisotopic (exact) mass is 378 g/mol. The van der Waals surface area contributed by atoms with E-state index >= 15 is 0 Å². The Morgan fingerprint density at radius 2 is 1.90 bits per heavy atom. The number of aromatic carboxylic acids is 1. The highest BCUT2D eigenvalue weighted by Crippen LogP contribution is 2.24. The zero-order valence-electron chi connectivity index (χ0n) is 11.7. The molecule has 0 spiro atoms. The van der Waals surface area contributed by atoms with Gasteiger partial charge in [-0.25, -0.2) is 17.9 Å². The Morgan fingerprint density at radius 1 is 1.33 bits per heavy atom. The summed E-state index contributed by atoms with van der Waals surface area (Å²) < 4.78 is 26.7. The number of benzene rings is 1. The van der Waals surface area contributed by atoms with Gasteiger partial charge in [-0.15, -0.1) is 0 Å². The van der Waals surface area contributed by atoms with Crippen LogP contribution >= 0.6 is 15.9 Å². The molecular weight excluding hydrogens is 364 g/mol. The van der Waals surface area contributed by atoms with Crippen LogP contribution in [0.3, 0.4) is 0 Å². The van der Waals surface area contributed by atoms with Gasteiger partial charge in [0.1, 0.15) is 0 Å². The SMILES string of the molecule is Cc1c(Br)cc(S(=O)(=O)NCC(=O)N(C)C)cc1C(=O)O. The van der Waals surface area contributed by atoms with Crippen LogP contribution in [0.5, 0.6) is 0 Å². The maximum absolute atomic E-state index is 12.1. The van der Waals surface area contributed by atoms with Crippen molar-refractivity contribution in [2.24, 2.45) is 0 Å². The Bertz CT molecular complexity index is 685. The first-order valence-corrected chi connectivity index (χ1v) is 8.07. The van der Waals surface area contributed by atoms with E-state index in [1.165, 1.54) is 25.1 Å². The maximum Gasteiger partial charge on any atom is 0.336 e. The number of hydrogen-bond acceptors (Lipinski definition) is 4. The average Bonchev–Trinajstić information content (AvgIpc) is 2.38. The number of carbonyl (C=O) groups is 2. The van der Waals surface area contributed by atoms with E-state index in [2.05, 4.69) is 20.7 Å². The highest BCUT2D eigenvalue weighted by Gasteiger charge is 2.21. The molecule has 9 heteroatoms. The molecule has 0 saturated heterocycles. The summed E-state index contributed by atoms with van der Waals surface area (Å²) in [5.74, 6) is -1.64. The summed E-state index contributed by atoms with van der Waals surface area (Å²) in [7, 11) is -0.972. The predicted octanol–water partition coefficient (Wildman–Crippen LogP) is 0.822. The first-order valence-electron chi connectivity index (χ1n) is 5.79. The van der Waals surface area contributed by atoms with Gasteiger partial charge in [-0.3, -0.25) is 4.79 Å². The van der Waals surface area contributed by atoms with Gasteiger partial charge in [-0.1, -0.05) is 15.9 Å². The van der Waals surface area contributed by atoms with Crippen molar-refractivity contribution in [2.75, 3.05) is 20.6 Å². The number of amides is 1. The minimum atomic E-state index is -3.97. The highest BCUT2D eigenvalue weighted by molar-refractivity contribution is 9.10. The number of carboxylic acids is 1. The van der Waals surface area contributed by atoms with Crippen LogP contribution in [0.1, 0.15) is 15.9 Å². The van der Waals surface area contributed by atoms with Crippen LogP contribution in [0, 0.1) is 6.92 Å². The van der Waals surface area contributed by atoms with E-state index in [0.717, 1.165) is 6.07 Å². The molecule has 0 atom stereocenters. The van der Waals surface area contributed by atoms with Gasteiger partial charge in [0.05, 0.1) is 17.0 Å². The molecule has 0 unspecified atom stereocenters. The van der Waals surface area contributed by atoms with Crippen LogP contribution in [0.4, 0.5) is 0 Å². The van der Waals surface area contributed by atoms with Crippen molar-refractivity contribution in [1.82, 2.24) is 9.62 Å². The molecule has 7 nitrogen and oxygen atoms in total. The molecule has 0 aliphatic rings. The van der Waals surface area contributed by atoms with Crippen LogP contribution in [-0.4, -0.2) is 50.9 Å². The fourth-order valence-corrected chi connectivity index (χ4v) is 3.07. The molecule has 1 amide bonds. The maximum atomic E-state index is 12.1. The largest absolute Gasteiger partial charge is 0.478 e. The van der Waals surface area contributed by atoms with Crippen molar-refractivity contribution in [3.63, 3.8) is 0 Å². The molecule has 1 rings (SSSR count). The highest BCUT2D eigenvalue weighted by atomic mass is 79.9. The van der Waals surface area contributed by atoms with E-state index in [4.69, 9.17) is 5.11 Å². The molecule has 116 valence electrons. The van der Waals surface area contributed by atoms with Gasteiger partial charge in [0, 0.05) is 18.6 Å². The third-order valence-corrected chi connectivity index (χ3v) is 4.98. The summed E-state index contributed by atoms with van der Waals surface area (Å²) in [6, 6.07) is 2.36. The normalized spacial score (nSPS) is 11.2. The van der Waals surface area contributed by atoms with Gasteiger partial charge in [-0.2, -0.15) is 0 Å². The van der Waals surface area contributed by atoms with Crippen LogP contribution < -0.4 is 4.72 Å². The second-order valence-corrected chi connectivity index (χ2v) is 7.12. The van der Waals surface area contributed by atoms with E-state index < -0.39 is 28.4 Å². The lowest BCUT2D eigenvalue weighted by Gasteiger charge is -2.12. The number of sulfonamides is 1. The zero-order valence-corrected chi connectivity index (χ0v) is 14.1. The Morgan fingerprint density at radius 3 is 2.38 bits per heavy atom. The van der Waals surface area contributed by atoms with Crippen molar-refractivity contribution in [2.45, 2.75) is 11.8 Å². The second-order valence-electron chi connectivity index (χ2n) is 4.50. The van der Waals surface area contributed by atoms with Gasteiger partial charge >= 0.3 is 5.97 Å². The molecule has 2 N–H and O–H groups in total. The van der Waals surface area contributed by atoms with E-state index in [1.54, 1.807) is 6.92 Å². The molecule has 0 saturated carbocycles. The Hall–Kier alpha value is -1.45. The third kappa shape index (κ3) is 4.26. The van der Waals surface area contributed by atoms with Crippen LogP contribution in [-0.2, 0) is 14.8 Å². The van der Waals surface area contributed by atoms with Crippen molar-refractivity contribution in [3.8, 4) is 0 Å². The van der Waals surface area contributed by atoms with Crippen molar-refractivity contribution < 1.29 is 23.1 Å². The molecular formula is C12H15BrN2O5S.